The zero-order valence-electron chi connectivity index (χ0n) is 13.9. The summed E-state index contributed by atoms with van der Waals surface area (Å²) in [6, 6.07) is 5.89. The highest BCUT2D eigenvalue weighted by Gasteiger charge is 2.46. The van der Waals surface area contributed by atoms with E-state index in [1.54, 1.807) is 7.11 Å². The molecule has 1 saturated carbocycles. The van der Waals surface area contributed by atoms with Gasteiger partial charge in [0.1, 0.15) is 6.10 Å². The molecule has 1 aliphatic carbocycles. The predicted molar refractivity (Wildman–Crippen MR) is 87.3 cm³/mol. The highest BCUT2D eigenvalue weighted by Crippen LogP contribution is 2.52. The molecule has 1 N–H and O–H groups in total. The average molecular weight is 319 g/mol. The Balaban J connectivity index is 1.76. The number of rotatable bonds is 6. The summed E-state index contributed by atoms with van der Waals surface area (Å²) < 4.78 is 11.6. The molecule has 1 atom stereocenters. The topological polar surface area (TPSA) is 59.0 Å². The van der Waals surface area contributed by atoms with Crippen molar-refractivity contribution < 1.29 is 19.4 Å². The zero-order chi connectivity index (χ0) is 16.4. The van der Waals surface area contributed by atoms with Crippen LogP contribution in [0.5, 0.6) is 11.5 Å². The maximum Gasteiger partial charge on any atom is 0.304 e. The van der Waals surface area contributed by atoms with Crippen LogP contribution in [-0.2, 0) is 10.2 Å². The standard InChI is InChI=1S/C18H25NO4/c1-19-9-3-4-14(12-19)23-15-6-5-13(10-16(15)22-2)18(7-8-18)11-17(20)21/h5-6,10,14H,3-4,7-9,11-12H2,1-2H3,(H,20,21). The Hall–Kier alpha value is -1.75. The van der Waals surface area contributed by atoms with Crippen LogP contribution >= 0.6 is 0 Å². The van der Waals surface area contributed by atoms with Crippen LogP contribution in [0.4, 0.5) is 0 Å². The third-order valence-corrected chi connectivity index (χ3v) is 4.99. The fraction of sp³-hybridized carbons (Fsp3) is 0.611. The molecule has 0 amide bonds. The van der Waals surface area contributed by atoms with Crippen molar-refractivity contribution in [2.24, 2.45) is 0 Å². The molecule has 2 fully saturated rings. The van der Waals surface area contributed by atoms with Crippen LogP contribution in [0, 0.1) is 0 Å². The molecule has 1 aromatic rings. The predicted octanol–water partition coefficient (Wildman–Crippen LogP) is 2.67. The second-order valence-corrected chi connectivity index (χ2v) is 6.86. The van der Waals surface area contributed by atoms with Gasteiger partial charge in [0.2, 0.25) is 0 Å². The summed E-state index contributed by atoms with van der Waals surface area (Å²) in [5.41, 5.74) is 0.841. The van der Waals surface area contributed by atoms with Crippen LogP contribution in [0.2, 0.25) is 0 Å². The molecule has 5 heteroatoms. The van der Waals surface area contributed by atoms with Crippen LogP contribution in [0.3, 0.4) is 0 Å². The van der Waals surface area contributed by atoms with Crippen LogP contribution in [0.15, 0.2) is 18.2 Å². The number of nitrogens with zero attached hydrogens (tertiary/aromatic N) is 1. The summed E-state index contributed by atoms with van der Waals surface area (Å²) in [6.45, 7) is 2.04. The molecule has 23 heavy (non-hydrogen) atoms. The van der Waals surface area contributed by atoms with Gasteiger partial charge < -0.3 is 19.5 Å². The van der Waals surface area contributed by atoms with Crippen molar-refractivity contribution in [3.63, 3.8) is 0 Å². The first-order valence-corrected chi connectivity index (χ1v) is 8.28. The first kappa shape index (κ1) is 16.1. The molecule has 1 unspecified atom stereocenters. The first-order valence-electron chi connectivity index (χ1n) is 8.28. The Morgan fingerprint density at radius 3 is 2.78 bits per heavy atom. The van der Waals surface area contributed by atoms with E-state index in [-0.39, 0.29) is 17.9 Å². The largest absolute Gasteiger partial charge is 0.493 e. The number of hydrogen-bond donors (Lipinski definition) is 1. The van der Waals surface area contributed by atoms with Crippen molar-refractivity contribution in [2.45, 2.75) is 43.6 Å². The third kappa shape index (κ3) is 3.61. The van der Waals surface area contributed by atoms with Crippen molar-refractivity contribution in [1.82, 2.24) is 4.90 Å². The molecule has 3 rings (SSSR count). The molecule has 0 aromatic heterocycles. The molecule has 126 valence electrons. The highest BCUT2D eigenvalue weighted by molar-refractivity contribution is 5.70. The molecule has 0 radical (unpaired) electrons. The minimum atomic E-state index is -0.743. The van der Waals surface area contributed by atoms with Crippen LogP contribution in [0.1, 0.15) is 37.7 Å². The number of carboxylic acid groups (broad SMARTS) is 1. The van der Waals surface area contributed by atoms with Gasteiger partial charge in [-0.05, 0) is 57.0 Å². The van der Waals surface area contributed by atoms with Crippen molar-refractivity contribution in [3.05, 3.63) is 23.8 Å². The molecule has 2 aliphatic rings. The quantitative estimate of drug-likeness (QED) is 0.873. The SMILES string of the molecule is COc1cc(C2(CC(=O)O)CC2)ccc1OC1CCCN(C)C1. The normalized spacial score (nSPS) is 23.3. The summed E-state index contributed by atoms with van der Waals surface area (Å²) in [6.07, 6.45) is 4.42. The number of piperidine rings is 1. The Morgan fingerprint density at radius 2 is 2.17 bits per heavy atom. The Morgan fingerprint density at radius 1 is 1.39 bits per heavy atom. The van der Waals surface area contributed by atoms with Gasteiger partial charge in [0.15, 0.2) is 11.5 Å². The van der Waals surface area contributed by atoms with Crippen molar-refractivity contribution in [2.75, 3.05) is 27.2 Å². The number of aliphatic carboxylic acids is 1. The first-order chi connectivity index (χ1) is 11.0. The molecule has 1 heterocycles. The Labute approximate surface area is 137 Å². The average Bonchev–Trinajstić information content (AvgIpc) is 3.27. The van der Waals surface area contributed by atoms with Crippen molar-refractivity contribution in [1.29, 1.82) is 0 Å². The monoisotopic (exact) mass is 319 g/mol. The minimum absolute atomic E-state index is 0.183. The highest BCUT2D eigenvalue weighted by atomic mass is 16.5. The van der Waals surface area contributed by atoms with E-state index in [4.69, 9.17) is 14.6 Å². The van der Waals surface area contributed by atoms with Gasteiger partial charge in [-0.1, -0.05) is 6.07 Å². The fourth-order valence-electron chi connectivity index (χ4n) is 3.50. The zero-order valence-corrected chi connectivity index (χ0v) is 13.9. The lowest BCUT2D eigenvalue weighted by Gasteiger charge is -2.30. The van der Waals surface area contributed by atoms with Gasteiger partial charge in [-0.25, -0.2) is 0 Å². The van der Waals surface area contributed by atoms with Crippen LogP contribution < -0.4 is 9.47 Å². The minimum Gasteiger partial charge on any atom is -0.493 e. The molecule has 1 saturated heterocycles. The van der Waals surface area contributed by atoms with Crippen LogP contribution in [0.25, 0.3) is 0 Å². The van der Waals surface area contributed by atoms with Gasteiger partial charge in [-0.3, -0.25) is 4.79 Å². The number of carboxylic acids is 1. The molecule has 0 bridgehead atoms. The maximum atomic E-state index is 11.1. The van der Waals surface area contributed by atoms with Gasteiger partial charge >= 0.3 is 5.97 Å². The van der Waals surface area contributed by atoms with E-state index in [1.165, 1.54) is 0 Å². The van der Waals surface area contributed by atoms with Crippen LogP contribution in [-0.4, -0.2) is 49.3 Å². The van der Waals surface area contributed by atoms with Gasteiger partial charge in [0.25, 0.3) is 0 Å². The fourth-order valence-corrected chi connectivity index (χ4v) is 3.50. The lowest BCUT2D eigenvalue weighted by molar-refractivity contribution is -0.137. The molecule has 1 aliphatic heterocycles. The smallest absolute Gasteiger partial charge is 0.304 e. The van der Waals surface area contributed by atoms with E-state index in [0.29, 0.717) is 5.75 Å². The van der Waals surface area contributed by atoms with E-state index in [2.05, 4.69) is 11.9 Å². The number of carbonyl (C=O) groups is 1. The summed E-state index contributed by atoms with van der Waals surface area (Å²) in [5, 5.41) is 9.11. The number of likely N-dealkylation sites (tertiary alicyclic amines) is 1. The Bertz CT molecular complexity index is 582. The molecular weight excluding hydrogens is 294 g/mol. The number of methoxy groups -OCH3 is 1. The molecule has 0 spiro atoms. The number of hydrogen-bond acceptors (Lipinski definition) is 4. The summed E-state index contributed by atoms with van der Waals surface area (Å²) in [7, 11) is 3.74. The maximum absolute atomic E-state index is 11.1. The summed E-state index contributed by atoms with van der Waals surface area (Å²) in [4.78, 5) is 13.4. The lowest BCUT2D eigenvalue weighted by atomic mass is 9.92. The van der Waals surface area contributed by atoms with E-state index >= 15 is 0 Å². The summed E-state index contributed by atoms with van der Waals surface area (Å²) in [5.74, 6) is 0.710. The third-order valence-electron chi connectivity index (χ3n) is 4.99. The Kier molecular flexibility index (Phi) is 4.48. The number of likely N-dealkylation sites (N-methyl/N-ethyl adjacent to an activating group) is 1. The second-order valence-electron chi connectivity index (χ2n) is 6.86. The van der Waals surface area contributed by atoms with E-state index in [1.807, 2.05) is 18.2 Å². The number of benzene rings is 1. The molecular formula is C18H25NO4. The number of ether oxygens (including phenoxy) is 2. The van der Waals surface area contributed by atoms with Gasteiger partial charge in [-0.15, -0.1) is 0 Å². The van der Waals surface area contributed by atoms with Crippen molar-refractivity contribution in [3.8, 4) is 11.5 Å². The van der Waals surface area contributed by atoms with Gasteiger partial charge in [0, 0.05) is 12.0 Å². The molecule has 5 nitrogen and oxygen atoms in total. The van der Waals surface area contributed by atoms with Gasteiger partial charge in [-0.2, -0.15) is 0 Å². The van der Waals surface area contributed by atoms with E-state index < -0.39 is 5.97 Å². The van der Waals surface area contributed by atoms with E-state index in [9.17, 15) is 4.79 Å². The lowest BCUT2D eigenvalue weighted by Crippen LogP contribution is -2.38. The second kappa shape index (κ2) is 6.40. The van der Waals surface area contributed by atoms with Crippen molar-refractivity contribution >= 4 is 5.97 Å². The summed E-state index contributed by atoms with van der Waals surface area (Å²) >= 11 is 0. The molecule has 1 aromatic carbocycles. The van der Waals surface area contributed by atoms with E-state index in [0.717, 1.165) is 50.1 Å². The van der Waals surface area contributed by atoms with Gasteiger partial charge in [0.05, 0.1) is 13.5 Å².